The summed E-state index contributed by atoms with van der Waals surface area (Å²) in [5.74, 6) is -0.355. The second-order valence-electron chi connectivity index (χ2n) is 2.92. The predicted octanol–water partition coefficient (Wildman–Crippen LogP) is 2.42. The van der Waals surface area contributed by atoms with E-state index in [0.717, 1.165) is 5.56 Å². The van der Waals surface area contributed by atoms with Crippen LogP contribution in [-0.4, -0.2) is 19.2 Å². The second kappa shape index (κ2) is 6.43. The molecule has 0 aliphatic heterocycles. The van der Waals surface area contributed by atoms with Crippen LogP contribution < -0.4 is 0 Å². The van der Waals surface area contributed by atoms with Gasteiger partial charge in [0, 0.05) is 11.6 Å². The zero-order valence-electron chi connectivity index (χ0n) is 8.53. The normalized spacial score (nSPS) is 10.0. The van der Waals surface area contributed by atoms with Gasteiger partial charge in [0.25, 0.3) is 0 Å². The molecule has 0 heterocycles. The molecule has 3 nitrogen and oxygen atoms in total. The molecular formula is C11H13ClO3. The van der Waals surface area contributed by atoms with E-state index in [-0.39, 0.29) is 19.2 Å². The minimum atomic E-state index is -0.355. The van der Waals surface area contributed by atoms with Crippen molar-refractivity contribution in [3.8, 4) is 0 Å². The SMILES string of the molecule is CCOCC(=O)OCc1ccc(Cl)cc1. The van der Waals surface area contributed by atoms with Crippen molar-refractivity contribution in [1.29, 1.82) is 0 Å². The van der Waals surface area contributed by atoms with E-state index in [0.29, 0.717) is 11.6 Å². The lowest BCUT2D eigenvalue weighted by atomic mass is 10.2. The van der Waals surface area contributed by atoms with Gasteiger partial charge >= 0.3 is 5.97 Å². The smallest absolute Gasteiger partial charge is 0.332 e. The van der Waals surface area contributed by atoms with E-state index in [1.807, 2.05) is 19.1 Å². The Kier molecular flexibility index (Phi) is 5.15. The van der Waals surface area contributed by atoms with Crippen molar-refractivity contribution in [2.45, 2.75) is 13.5 Å². The fraction of sp³-hybridized carbons (Fsp3) is 0.364. The Bertz CT molecular complexity index is 308. The van der Waals surface area contributed by atoms with Crippen LogP contribution >= 0.6 is 11.6 Å². The van der Waals surface area contributed by atoms with Gasteiger partial charge in [-0.2, -0.15) is 0 Å². The minimum absolute atomic E-state index is 0.00406. The van der Waals surface area contributed by atoms with E-state index in [9.17, 15) is 4.79 Å². The van der Waals surface area contributed by atoms with Crippen LogP contribution in [0.4, 0.5) is 0 Å². The third-order valence-corrected chi connectivity index (χ3v) is 1.99. The molecular weight excluding hydrogens is 216 g/mol. The zero-order valence-corrected chi connectivity index (χ0v) is 9.29. The van der Waals surface area contributed by atoms with Gasteiger partial charge in [-0.15, -0.1) is 0 Å². The summed E-state index contributed by atoms with van der Waals surface area (Å²) in [6.07, 6.45) is 0. The first kappa shape index (κ1) is 12.0. The number of benzene rings is 1. The molecule has 0 aromatic heterocycles. The van der Waals surface area contributed by atoms with Crippen molar-refractivity contribution in [3.63, 3.8) is 0 Å². The van der Waals surface area contributed by atoms with Crippen LogP contribution in [0.15, 0.2) is 24.3 Å². The monoisotopic (exact) mass is 228 g/mol. The van der Waals surface area contributed by atoms with Crippen LogP contribution in [0, 0.1) is 0 Å². The van der Waals surface area contributed by atoms with E-state index in [1.165, 1.54) is 0 Å². The number of rotatable bonds is 5. The first-order valence-electron chi connectivity index (χ1n) is 4.70. The van der Waals surface area contributed by atoms with Gasteiger partial charge in [0.05, 0.1) is 0 Å². The van der Waals surface area contributed by atoms with Gasteiger partial charge in [-0.1, -0.05) is 23.7 Å². The summed E-state index contributed by atoms with van der Waals surface area (Å²) in [5, 5.41) is 0.666. The number of halogens is 1. The molecule has 15 heavy (non-hydrogen) atoms. The van der Waals surface area contributed by atoms with Gasteiger partial charge < -0.3 is 9.47 Å². The molecule has 1 aromatic rings. The molecule has 1 aromatic carbocycles. The second-order valence-corrected chi connectivity index (χ2v) is 3.36. The molecule has 0 N–H and O–H groups in total. The van der Waals surface area contributed by atoms with Gasteiger partial charge in [-0.3, -0.25) is 0 Å². The Morgan fingerprint density at radius 1 is 1.33 bits per heavy atom. The lowest BCUT2D eigenvalue weighted by molar-refractivity contribution is -0.150. The highest BCUT2D eigenvalue weighted by Crippen LogP contribution is 2.10. The van der Waals surface area contributed by atoms with Crippen molar-refractivity contribution in [1.82, 2.24) is 0 Å². The maximum absolute atomic E-state index is 11.1. The maximum atomic E-state index is 11.1. The van der Waals surface area contributed by atoms with Crippen LogP contribution in [0.3, 0.4) is 0 Å². The van der Waals surface area contributed by atoms with E-state index >= 15 is 0 Å². The van der Waals surface area contributed by atoms with Crippen LogP contribution in [0.5, 0.6) is 0 Å². The third-order valence-electron chi connectivity index (χ3n) is 1.74. The summed E-state index contributed by atoms with van der Waals surface area (Å²) in [4.78, 5) is 11.1. The Morgan fingerprint density at radius 3 is 2.60 bits per heavy atom. The van der Waals surface area contributed by atoms with Crippen molar-refractivity contribution >= 4 is 17.6 Å². The number of ether oxygens (including phenoxy) is 2. The Morgan fingerprint density at radius 2 is 2.00 bits per heavy atom. The van der Waals surface area contributed by atoms with Crippen molar-refractivity contribution in [3.05, 3.63) is 34.9 Å². The standard InChI is InChI=1S/C11H13ClO3/c1-2-14-8-11(13)15-7-9-3-5-10(12)6-4-9/h3-6H,2,7-8H2,1H3. The van der Waals surface area contributed by atoms with Gasteiger partial charge in [-0.05, 0) is 24.6 Å². The highest BCUT2D eigenvalue weighted by atomic mass is 35.5. The summed E-state index contributed by atoms with van der Waals surface area (Å²) in [6, 6.07) is 7.15. The van der Waals surface area contributed by atoms with Gasteiger partial charge in [0.15, 0.2) is 0 Å². The molecule has 82 valence electrons. The van der Waals surface area contributed by atoms with Crippen LogP contribution in [0.25, 0.3) is 0 Å². The maximum Gasteiger partial charge on any atom is 0.332 e. The predicted molar refractivity (Wildman–Crippen MR) is 57.7 cm³/mol. The molecule has 0 atom stereocenters. The minimum Gasteiger partial charge on any atom is -0.459 e. The third kappa shape index (κ3) is 4.81. The summed E-state index contributed by atoms with van der Waals surface area (Å²) in [7, 11) is 0. The van der Waals surface area contributed by atoms with Gasteiger partial charge in [0.2, 0.25) is 0 Å². The van der Waals surface area contributed by atoms with Gasteiger partial charge in [-0.25, -0.2) is 4.79 Å². The molecule has 0 saturated heterocycles. The Balaban J connectivity index is 2.30. The number of carbonyl (C=O) groups is 1. The average molecular weight is 229 g/mol. The number of hydrogen-bond acceptors (Lipinski definition) is 3. The summed E-state index contributed by atoms with van der Waals surface area (Å²) in [6.45, 7) is 2.59. The molecule has 0 aliphatic carbocycles. The Hall–Kier alpha value is -1.06. The molecule has 0 bridgehead atoms. The fourth-order valence-electron chi connectivity index (χ4n) is 0.972. The lowest BCUT2D eigenvalue weighted by Crippen LogP contribution is -2.12. The van der Waals surface area contributed by atoms with Crippen molar-refractivity contribution < 1.29 is 14.3 Å². The fourth-order valence-corrected chi connectivity index (χ4v) is 1.10. The van der Waals surface area contributed by atoms with E-state index in [1.54, 1.807) is 12.1 Å². The van der Waals surface area contributed by atoms with Crippen LogP contribution in [-0.2, 0) is 20.9 Å². The van der Waals surface area contributed by atoms with Crippen molar-refractivity contribution in [2.24, 2.45) is 0 Å². The summed E-state index contributed by atoms with van der Waals surface area (Å²) >= 11 is 5.72. The number of esters is 1. The van der Waals surface area contributed by atoms with E-state index in [2.05, 4.69) is 0 Å². The molecule has 4 heteroatoms. The van der Waals surface area contributed by atoms with Crippen molar-refractivity contribution in [2.75, 3.05) is 13.2 Å². The number of carbonyl (C=O) groups excluding carboxylic acids is 1. The molecule has 1 rings (SSSR count). The summed E-state index contributed by atoms with van der Waals surface area (Å²) in [5.41, 5.74) is 0.907. The molecule has 0 amide bonds. The molecule has 0 unspecified atom stereocenters. The quantitative estimate of drug-likeness (QED) is 0.726. The number of hydrogen-bond donors (Lipinski definition) is 0. The first-order chi connectivity index (χ1) is 7.22. The van der Waals surface area contributed by atoms with Gasteiger partial charge in [0.1, 0.15) is 13.2 Å². The zero-order chi connectivity index (χ0) is 11.1. The summed E-state index contributed by atoms with van der Waals surface area (Å²) < 4.78 is 9.87. The van der Waals surface area contributed by atoms with Crippen LogP contribution in [0.1, 0.15) is 12.5 Å². The first-order valence-corrected chi connectivity index (χ1v) is 5.08. The van der Waals surface area contributed by atoms with Crippen LogP contribution in [0.2, 0.25) is 5.02 Å². The highest BCUT2D eigenvalue weighted by Gasteiger charge is 2.02. The topological polar surface area (TPSA) is 35.5 Å². The average Bonchev–Trinajstić information content (AvgIpc) is 2.25. The molecule has 0 saturated carbocycles. The molecule has 0 radical (unpaired) electrons. The van der Waals surface area contributed by atoms with E-state index in [4.69, 9.17) is 21.1 Å². The Labute approximate surface area is 93.9 Å². The lowest BCUT2D eigenvalue weighted by Gasteiger charge is -2.04. The molecule has 0 spiro atoms. The largest absolute Gasteiger partial charge is 0.459 e. The molecule has 0 fully saturated rings. The molecule has 0 aliphatic rings. The van der Waals surface area contributed by atoms with E-state index < -0.39 is 0 Å². The highest BCUT2D eigenvalue weighted by molar-refractivity contribution is 6.30.